The second kappa shape index (κ2) is 14.8. The summed E-state index contributed by atoms with van der Waals surface area (Å²) < 4.78 is 0. The number of amides is 3. The largest absolute Gasteiger partial charge is 0.481 e. The van der Waals surface area contributed by atoms with Crippen molar-refractivity contribution < 1.29 is 34.2 Å². The van der Waals surface area contributed by atoms with Gasteiger partial charge >= 0.3 is 11.9 Å². The highest BCUT2D eigenvalue weighted by Crippen LogP contribution is 2.19. The lowest BCUT2D eigenvalue weighted by molar-refractivity contribution is -0.144. The molecule has 0 spiro atoms. The molecule has 1 aromatic heterocycles. The molecular weight excluding hydrogens is 542 g/mol. The lowest BCUT2D eigenvalue weighted by Crippen LogP contribution is -2.58. The number of para-hydroxylation sites is 1. The van der Waals surface area contributed by atoms with E-state index < -0.39 is 66.2 Å². The monoisotopic (exact) mass is 579 g/mol. The molecule has 0 saturated carbocycles. The van der Waals surface area contributed by atoms with Crippen LogP contribution in [0.15, 0.2) is 60.8 Å². The van der Waals surface area contributed by atoms with Crippen molar-refractivity contribution in [3.63, 3.8) is 0 Å². The van der Waals surface area contributed by atoms with Crippen LogP contribution in [0.5, 0.6) is 0 Å². The number of H-pyrrole nitrogens is 1. The molecule has 3 rings (SSSR count). The van der Waals surface area contributed by atoms with Crippen LogP contribution in [-0.2, 0) is 36.8 Å². The van der Waals surface area contributed by atoms with Gasteiger partial charge in [-0.1, -0.05) is 62.4 Å². The van der Waals surface area contributed by atoms with E-state index in [2.05, 4.69) is 20.9 Å². The number of aliphatic carboxylic acids is 2. The van der Waals surface area contributed by atoms with Crippen molar-refractivity contribution in [1.82, 2.24) is 20.9 Å². The lowest BCUT2D eigenvalue weighted by Gasteiger charge is -2.26. The van der Waals surface area contributed by atoms with Crippen LogP contribution in [0.4, 0.5) is 0 Å². The van der Waals surface area contributed by atoms with Gasteiger partial charge in [0.1, 0.15) is 18.1 Å². The number of carbonyl (C=O) groups is 5. The molecule has 0 radical (unpaired) electrons. The molecule has 0 aliphatic rings. The van der Waals surface area contributed by atoms with E-state index in [0.29, 0.717) is 0 Å². The smallest absolute Gasteiger partial charge is 0.326 e. The standard InChI is InChI=1S/C30H37N5O7/c1-17(2)26(30(41)42)35-28(39)23(12-13-25(36)37)33-29(40)24(14-18-8-4-3-5-9-18)34-27(38)21(31)15-19-16-32-22-11-7-6-10-20(19)22/h3-11,16-17,21,23-24,26,32H,12-15,31H2,1-2H3,(H,33,40)(H,34,38)(H,35,39)(H,36,37)(H,41,42). The summed E-state index contributed by atoms with van der Waals surface area (Å²) in [5.41, 5.74) is 8.70. The summed E-state index contributed by atoms with van der Waals surface area (Å²) in [4.78, 5) is 65.7. The Labute approximate surface area is 243 Å². The summed E-state index contributed by atoms with van der Waals surface area (Å²) in [6, 6.07) is 11.7. The Morgan fingerprint density at radius 2 is 1.43 bits per heavy atom. The molecule has 42 heavy (non-hydrogen) atoms. The van der Waals surface area contributed by atoms with Crippen LogP contribution < -0.4 is 21.7 Å². The maximum absolute atomic E-state index is 13.5. The number of rotatable bonds is 15. The van der Waals surface area contributed by atoms with Gasteiger partial charge in [-0.05, 0) is 36.0 Å². The highest BCUT2D eigenvalue weighted by molar-refractivity contribution is 5.94. The van der Waals surface area contributed by atoms with Gasteiger partial charge in [-0.15, -0.1) is 0 Å². The Morgan fingerprint density at radius 3 is 2.07 bits per heavy atom. The first-order valence-corrected chi connectivity index (χ1v) is 13.7. The number of hydrogen-bond donors (Lipinski definition) is 7. The number of hydrogen-bond acceptors (Lipinski definition) is 6. The molecular formula is C30H37N5O7. The molecule has 1 heterocycles. The van der Waals surface area contributed by atoms with E-state index in [4.69, 9.17) is 5.73 Å². The first kappa shape index (κ1) is 31.8. The van der Waals surface area contributed by atoms with Crippen molar-refractivity contribution in [1.29, 1.82) is 0 Å². The van der Waals surface area contributed by atoms with Crippen molar-refractivity contribution >= 4 is 40.6 Å². The maximum Gasteiger partial charge on any atom is 0.326 e. The van der Waals surface area contributed by atoms with Gasteiger partial charge in [-0.25, -0.2) is 4.79 Å². The van der Waals surface area contributed by atoms with Crippen molar-refractivity contribution in [3.05, 3.63) is 71.9 Å². The minimum Gasteiger partial charge on any atom is -0.481 e. The molecule has 12 heteroatoms. The molecule has 12 nitrogen and oxygen atoms in total. The zero-order valence-electron chi connectivity index (χ0n) is 23.5. The number of nitrogens with one attached hydrogen (secondary N) is 4. The van der Waals surface area contributed by atoms with Crippen LogP contribution in [0.1, 0.15) is 37.8 Å². The van der Waals surface area contributed by atoms with E-state index in [1.165, 1.54) is 0 Å². The summed E-state index contributed by atoms with van der Waals surface area (Å²) >= 11 is 0. The SMILES string of the molecule is CC(C)C(NC(=O)C(CCC(=O)O)NC(=O)C(Cc1ccccc1)NC(=O)C(N)Cc1c[nH]c2ccccc12)C(=O)O. The summed E-state index contributed by atoms with van der Waals surface area (Å²) in [5.74, 6) is -5.10. The Bertz CT molecular complexity index is 1410. The zero-order chi connectivity index (χ0) is 30.8. The number of carboxylic acids is 2. The van der Waals surface area contributed by atoms with E-state index in [0.717, 1.165) is 22.0 Å². The number of nitrogens with two attached hydrogens (primary N) is 1. The highest BCUT2D eigenvalue weighted by atomic mass is 16.4. The maximum atomic E-state index is 13.5. The number of fused-ring (bicyclic) bond motifs is 1. The van der Waals surface area contributed by atoms with E-state index >= 15 is 0 Å². The third-order valence-corrected chi connectivity index (χ3v) is 6.88. The van der Waals surface area contributed by atoms with Gasteiger partial charge in [0.15, 0.2) is 0 Å². The molecule has 4 atom stereocenters. The average Bonchev–Trinajstić information content (AvgIpc) is 3.35. The van der Waals surface area contributed by atoms with E-state index in [9.17, 15) is 34.2 Å². The van der Waals surface area contributed by atoms with Crippen molar-refractivity contribution in [2.24, 2.45) is 11.7 Å². The molecule has 0 bridgehead atoms. The third kappa shape index (κ3) is 8.90. The Kier molecular flexibility index (Phi) is 11.2. The number of aromatic nitrogens is 1. The Balaban J connectivity index is 1.79. The molecule has 2 aromatic carbocycles. The van der Waals surface area contributed by atoms with Gasteiger partial charge in [0.2, 0.25) is 17.7 Å². The van der Waals surface area contributed by atoms with E-state index in [1.54, 1.807) is 50.4 Å². The minimum absolute atomic E-state index is 0.0647. The molecule has 0 aliphatic heterocycles. The lowest BCUT2D eigenvalue weighted by atomic mass is 10.0. The van der Waals surface area contributed by atoms with Gasteiger partial charge in [0, 0.05) is 29.9 Å². The summed E-state index contributed by atoms with van der Waals surface area (Å²) in [7, 11) is 0. The first-order chi connectivity index (χ1) is 20.0. The molecule has 224 valence electrons. The van der Waals surface area contributed by atoms with Crippen molar-refractivity contribution in [2.45, 2.75) is 63.7 Å². The molecule has 0 saturated heterocycles. The number of aromatic amines is 1. The second-order valence-electron chi connectivity index (χ2n) is 10.5. The van der Waals surface area contributed by atoms with Crippen LogP contribution in [0.25, 0.3) is 10.9 Å². The summed E-state index contributed by atoms with van der Waals surface area (Å²) in [6.45, 7) is 3.21. The first-order valence-electron chi connectivity index (χ1n) is 13.7. The van der Waals surface area contributed by atoms with Gasteiger partial charge in [-0.2, -0.15) is 0 Å². The fourth-order valence-electron chi connectivity index (χ4n) is 4.54. The zero-order valence-corrected chi connectivity index (χ0v) is 23.5. The van der Waals surface area contributed by atoms with Crippen LogP contribution in [0, 0.1) is 5.92 Å². The quantitative estimate of drug-likeness (QED) is 0.140. The summed E-state index contributed by atoms with van der Waals surface area (Å²) in [5, 5.41) is 27.2. The Morgan fingerprint density at radius 1 is 0.810 bits per heavy atom. The van der Waals surface area contributed by atoms with Crippen molar-refractivity contribution in [3.8, 4) is 0 Å². The molecule has 4 unspecified atom stereocenters. The normalized spacial score (nSPS) is 14.0. The fraction of sp³-hybridized carbons (Fsp3) is 0.367. The van der Waals surface area contributed by atoms with Crippen LogP contribution >= 0.6 is 0 Å². The predicted octanol–water partition coefficient (Wildman–Crippen LogP) is 1.34. The number of benzene rings is 2. The minimum atomic E-state index is -1.36. The van der Waals surface area contributed by atoms with E-state index in [-0.39, 0.29) is 19.3 Å². The molecule has 0 fully saturated rings. The van der Waals surface area contributed by atoms with Gasteiger partial charge in [0.25, 0.3) is 0 Å². The van der Waals surface area contributed by atoms with Crippen molar-refractivity contribution in [2.75, 3.05) is 0 Å². The molecule has 0 aliphatic carbocycles. The number of carbonyl (C=O) groups excluding carboxylic acids is 3. The topological polar surface area (TPSA) is 204 Å². The molecule has 3 amide bonds. The second-order valence-corrected chi connectivity index (χ2v) is 10.5. The fourth-order valence-corrected chi connectivity index (χ4v) is 4.54. The third-order valence-electron chi connectivity index (χ3n) is 6.88. The van der Waals surface area contributed by atoms with Gasteiger partial charge in [-0.3, -0.25) is 19.2 Å². The average molecular weight is 580 g/mol. The predicted molar refractivity (Wildman–Crippen MR) is 155 cm³/mol. The number of carboxylic acid groups (broad SMARTS) is 2. The van der Waals surface area contributed by atoms with Gasteiger partial charge in [0.05, 0.1) is 6.04 Å². The highest BCUT2D eigenvalue weighted by Gasteiger charge is 2.32. The molecule has 8 N–H and O–H groups in total. The van der Waals surface area contributed by atoms with Crippen LogP contribution in [0.3, 0.4) is 0 Å². The van der Waals surface area contributed by atoms with E-state index in [1.807, 2.05) is 24.3 Å². The van der Waals surface area contributed by atoms with Crippen LogP contribution in [-0.4, -0.2) is 69.0 Å². The van der Waals surface area contributed by atoms with Gasteiger partial charge < -0.3 is 36.9 Å². The summed E-state index contributed by atoms with van der Waals surface area (Å²) in [6.07, 6.45) is 1.30. The Hall–Kier alpha value is -4.71. The van der Waals surface area contributed by atoms with Crippen LogP contribution in [0.2, 0.25) is 0 Å². The molecule has 3 aromatic rings.